The lowest BCUT2D eigenvalue weighted by atomic mass is 9.93. The molecule has 3 rings (SSSR count). The van der Waals surface area contributed by atoms with Crippen molar-refractivity contribution in [3.8, 4) is 28.7 Å². The first-order valence-electron chi connectivity index (χ1n) is 7.57. The number of thioether (sulfide) groups is 1. The third-order valence-corrected chi connectivity index (χ3v) is 5.27. The van der Waals surface area contributed by atoms with E-state index in [9.17, 15) is 25.5 Å². The van der Waals surface area contributed by atoms with Crippen LogP contribution in [-0.4, -0.2) is 49.1 Å². The number of benzene rings is 2. The number of aliphatic hydroxyl groups is 2. The molecule has 2 aromatic rings. The van der Waals surface area contributed by atoms with Crippen LogP contribution in [0.2, 0.25) is 0 Å². The van der Waals surface area contributed by atoms with Crippen LogP contribution in [0.25, 0.3) is 0 Å². The van der Waals surface area contributed by atoms with E-state index in [-0.39, 0.29) is 35.4 Å². The Hall–Kier alpha value is -2.29. The predicted molar refractivity (Wildman–Crippen MR) is 91.2 cm³/mol. The van der Waals surface area contributed by atoms with Crippen LogP contribution in [-0.2, 0) is 0 Å². The Kier molecular flexibility index (Phi) is 4.85. The highest BCUT2D eigenvalue weighted by atomic mass is 32.2. The highest BCUT2D eigenvalue weighted by molar-refractivity contribution is 7.99. The first kappa shape index (κ1) is 17.5. The van der Waals surface area contributed by atoms with E-state index in [1.807, 2.05) is 0 Å². The standard InChI is InChI=1S/C17H18O7S/c18-3-4-25-17-14-12(22)6-9(19)7-13(14)24-16(15(17)23)8-1-2-10(20)11(21)5-8/h1-2,5-7,15-23H,3-4H2. The molecule has 3 atom stereocenters. The topological polar surface area (TPSA) is 131 Å². The number of phenols is 4. The van der Waals surface area contributed by atoms with Crippen LogP contribution < -0.4 is 4.74 Å². The molecule has 3 unspecified atom stereocenters. The normalized spacial score (nSPS) is 22.2. The minimum Gasteiger partial charge on any atom is -0.508 e. The highest BCUT2D eigenvalue weighted by Gasteiger charge is 2.40. The molecular weight excluding hydrogens is 348 g/mol. The van der Waals surface area contributed by atoms with Gasteiger partial charge in [-0.1, -0.05) is 6.07 Å². The van der Waals surface area contributed by atoms with E-state index in [1.165, 1.54) is 36.0 Å². The molecule has 8 heteroatoms. The summed E-state index contributed by atoms with van der Waals surface area (Å²) in [6, 6.07) is 6.57. The molecular formula is C17H18O7S. The van der Waals surface area contributed by atoms with Gasteiger partial charge in [-0.2, -0.15) is 0 Å². The average molecular weight is 366 g/mol. The average Bonchev–Trinajstić information content (AvgIpc) is 2.56. The second kappa shape index (κ2) is 6.91. The van der Waals surface area contributed by atoms with Crippen LogP contribution >= 0.6 is 11.8 Å². The van der Waals surface area contributed by atoms with Crippen molar-refractivity contribution < 1.29 is 35.4 Å². The lowest BCUT2D eigenvalue weighted by Crippen LogP contribution is -2.33. The Morgan fingerprint density at radius 3 is 2.40 bits per heavy atom. The molecule has 0 saturated heterocycles. The van der Waals surface area contributed by atoms with Gasteiger partial charge in [0.25, 0.3) is 0 Å². The molecule has 1 aliphatic rings. The number of hydrogen-bond donors (Lipinski definition) is 6. The third kappa shape index (κ3) is 3.28. The predicted octanol–water partition coefficient (Wildman–Crippen LogP) is 1.77. The SMILES string of the molecule is OCCSC1c2c(O)cc(O)cc2OC(c2ccc(O)c(O)c2)C1O. The van der Waals surface area contributed by atoms with Gasteiger partial charge in [-0.25, -0.2) is 0 Å². The van der Waals surface area contributed by atoms with E-state index in [1.54, 1.807) is 0 Å². The molecule has 25 heavy (non-hydrogen) atoms. The monoisotopic (exact) mass is 366 g/mol. The summed E-state index contributed by atoms with van der Waals surface area (Å²) >= 11 is 1.24. The van der Waals surface area contributed by atoms with Gasteiger partial charge >= 0.3 is 0 Å². The summed E-state index contributed by atoms with van der Waals surface area (Å²) in [5, 5.41) is 58.3. The third-order valence-electron chi connectivity index (χ3n) is 3.98. The van der Waals surface area contributed by atoms with Crippen LogP contribution in [0.3, 0.4) is 0 Å². The molecule has 0 fully saturated rings. The van der Waals surface area contributed by atoms with Gasteiger partial charge in [0.2, 0.25) is 0 Å². The van der Waals surface area contributed by atoms with Crippen molar-refractivity contribution in [1.82, 2.24) is 0 Å². The van der Waals surface area contributed by atoms with Crippen molar-refractivity contribution in [1.29, 1.82) is 0 Å². The zero-order chi connectivity index (χ0) is 18.1. The lowest BCUT2D eigenvalue weighted by molar-refractivity contribution is 0.0174. The van der Waals surface area contributed by atoms with Crippen LogP contribution in [0.1, 0.15) is 22.5 Å². The summed E-state index contributed by atoms with van der Waals surface area (Å²) in [4.78, 5) is 0. The van der Waals surface area contributed by atoms with Crippen LogP contribution in [0.15, 0.2) is 30.3 Å². The Morgan fingerprint density at radius 2 is 1.72 bits per heavy atom. The zero-order valence-electron chi connectivity index (χ0n) is 13.0. The Labute approximate surface area is 147 Å². The minimum absolute atomic E-state index is 0.104. The molecule has 0 aromatic heterocycles. The number of phenolic OH excluding ortho intramolecular Hbond substituents is 4. The molecule has 0 saturated carbocycles. The smallest absolute Gasteiger partial charge is 0.157 e. The van der Waals surface area contributed by atoms with Gasteiger partial charge in [-0.3, -0.25) is 0 Å². The molecule has 0 amide bonds. The van der Waals surface area contributed by atoms with Gasteiger partial charge in [-0.05, 0) is 17.7 Å². The summed E-state index contributed by atoms with van der Waals surface area (Å²) in [6.07, 6.45) is -1.99. The molecule has 6 N–H and O–H groups in total. The fraction of sp³-hybridized carbons (Fsp3) is 0.294. The molecule has 2 aromatic carbocycles. The van der Waals surface area contributed by atoms with E-state index >= 15 is 0 Å². The number of ether oxygens (including phenoxy) is 1. The summed E-state index contributed by atoms with van der Waals surface area (Å²) in [6.45, 7) is -0.104. The molecule has 1 heterocycles. The van der Waals surface area contributed by atoms with Crippen molar-refractivity contribution in [2.75, 3.05) is 12.4 Å². The second-order valence-electron chi connectivity index (χ2n) is 5.67. The minimum atomic E-state index is -1.09. The van der Waals surface area contributed by atoms with E-state index < -0.39 is 17.5 Å². The van der Waals surface area contributed by atoms with Crippen molar-refractivity contribution in [3.05, 3.63) is 41.5 Å². The molecule has 0 spiro atoms. The summed E-state index contributed by atoms with van der Waals surface area (Å²) < 4.78 is 5.76. The first-order chi connectivity index (χ1) is 11.9. The maximum absolute atomic E-state index is 10.8. The van der Waals surface area contributed by atoms with Gasteiger partial charge in [0, 0.05) is 17.9 Å². The van der Waals surface area contributed by atoms with E-state index in [0.717, 1.165) is 6.07 Å². The summed E-state index contributed by atoms with van der Waals surface area (Å²) in [7, 11) is 0. The van der Waals surface area contributed by atoms with Gasteiger partial charge in [0.15, 0.2) is 17.6 Å². The van der Waals surface area contributed by atoms with Crippen LogP contribution in [0, 0.1) is 0 Å². The van der Waals surface area contributed by atoms with Gasteiger partial charge in [0.1, 0.15) is 23.4 Å². The largest absolute Gasteiger partial charge is 0.508 e. The van der Waals surface area contributed by atoms with Crippen molar-refractivity contribution in [2.45, 2.75) is 17.5 Å². The molecule has 1 aliphatic heterocycles. The van der Waals surface area contributed by atoms with Crippen molar-refractivity contribution in [2.24, 2.45) is 0 Å². The molecule has 0 bridgehead atoms. The summed E-state index contributed by atoms with van der Waals surface area (Å²) in [5.74, 6) is -0.513. The highest BCUT2D eigenvalue weighted by Crippen LogP contribution is 2.52. The van der Waals surface area contributed by atoms with Gasteiger partial charge in [0.05, 0.1) is 17.4 Å². The van der Waals surface area contributed by atoms with Gasteiger partial charge in [-0.15, -0.1) is 11.8 Å². The zero-order valence-corrected chi connectivity index (χ0v) is 13.8. The van der Waals surface area contributed by atoms with Crippen LogP contribution in [0.4, 0.5) is 0 Å². The molecule has 0 aliphatic carbocycles. The number of aliphatic hydroxyl groups excluding tert-OH is 2. The van der Waals surface area contributed by atoms with Crippen molar-refractivity contribution >= 4 is 11.8 Å². The second-order valence-corrected chi connectivity index (χ2v) is 6.92. The Balaban J connectivity index is 2.06. The van der Waals surface area contributed by atoms with Crippen LogP contribution in [0.5, 0.6) is 28.7 Å². The van der Waals surface area contributed by atoms with Gasteiger partial charge < -0.3 is 35.4 Å². The van der Waals surface area contributed by atoms with E-state index in [2.05, 4.69) is 0 Å². The first-order valence-corrected chi connectivity index (χ1v) is 8.62. The maximum Gasteiger partial charge on any atom is 0.157 e. The van der Waals surface area contributed by atoms with Crippen molar-refractivity contribution in [3.63, 3.8) is 0 Å². The molecule has 134 valence electrons. The van der Waals surface area contributed by atoms with E-state index in [0.29, 0.717) is 16.9 Å². The Bertz CT molecular complexity index is 780. The molecule has 0 radical (unpaired) electrons. The molecule has 7 nitrogen and oxygen atoms in total. The lowest BCUT2D eigenvalue weighted by Gasteiger charge is -2.37. The number of aromatic hydroxyl groups is 4. The fourth-order valence-corrected chi connectivity index (χ4v) is 3.96. The Morgan fingerprint density at radius 1 is 0.960 bits per heavy atom. The fourth-order valence-electron chi connectivity index (χ4n) is 2.86. The quantitative estimate of drug-likeness (QED) is 0.452. The maximum atomic E-state index is 10.8. The number of hydrogen-bond acceptors (Lipinski definition) is 8. The van der Waals surface area contributed by atoms with E-state index in [4.69, 9.17) is 9.84 Å². The number of rotatable bonds is 4. The summed E-state index contributed by atoms with van der Waals surface area (Å²) in [5.41, 5.74) is 0.758. The number of fused-ring (bicyclic) bond motifs is 1.